The largest absolute Gasteiger partial charge is 0.490 e. The molecule has 3 N–H and O–H groups in total. The average Bonchev–Trinajstić information content (AvgIpc) is 3.34. The Morgan fingerprint density at radius 1 is 0.872 bits per heavy atom. The highest BCUT2D eigenvalue weighted by Gasteiger charge is 2.19. The number of thiazole rings is 1. The quantitative estimate of drug-likeness (QED) is 0.234. The van der Waals surface area contributed by atoms with Gasteiger partial charge < -0.3 is 24.8 Å². The summed E-state index contributed by atoms with van der Waals surface area (Å²) >= 11 is 2.72. The zero-order valence-corrected chi connectivity index (χ0v) is 23.9. The van der Waals surface area contributed by atoms with Gasteiger partial charge in [0.15, 0.2) is 16.6 Å². The molecule has 1 aromatic heterocycles. The maximum Gasteiger partial charge on any atom is 0.257 e. The van der Waals surface area contributed by atoms with Crippen molar-refractivity contribution < 1.29 is 28.6 Å². The van der Waals surface area contributed by atoms with Crippen molar-refractivity contribution in [2.24, 2.45) is 0 Å². The second kappa shape index (κ2) is 15.0. The first-order valence-corrected chi connectivity index (χ1v) is 14.4. The van der Waals surface area contributed by atoms with Crippen molar-refractivity contribution >= 4 is 57.3 Å². The van der Waals surface area contributed by atoms with Gasteiger partial charge in [0.1, 0.15) is 0 Å². The molecule has 0 saturated heterocycles. The summed E-state index contributed by atoms with van der Waals surface area (Å²) in [6.45, 7) is 8.26. The van der Waals surface area contributed by atoms with E-state index in [9.17, 15) is 14.4 Å². The third-order valence-corrected chi connectivity index (χ3v) is 6.69. The molecule has 0 unspecified atom stereocenters. The van der Waals surface area contributed by atoms with Crippen LogP contribution in [-0.4, -0.2) is 48.3 Å². The Bertz CT molecular complexity index is 1250. The smallest absolute Gasteiger partial charge is 0.257 e. The number of amides is 3. The molecule has 3 amide bonds. The van der Waals surface area contributed by atoms with Crippen molar-refractivity contribution in [3.8, 4) is 17.2 Å². The summed E-state index contributed by atoms with van der Waals surface area (Å²) in [4.78, 5) is 40.8. The fourth-order valence-electron chi connectivity index (χ4n) is 3.41. The molecule has 0 aliphatic rings. The molecule has 10 nitrogen and oxygen atoms in total. The lowest BCUT2D eigenvalue weighted by molar-refractivity contribution is -0.114. The predicted octanol–water partition coefficient (Wildman–Crippen LogP) is 5.42. The Hall–Kier alpha value is -3.77. The van der Waals surface area contributed by atoms with Gasteiger partial charge >= 0.3 is 0 Å². The van der Waals surface area contributed by atoms with Crippen LogP contribution in [0.4, 0.5) is 16.5 Å². The van der Waals surface area contributed by atoms with Gasteiger partial charge in [0.25, 0.3) is 5.91 Å². The summed E-state index contributed by atoms with van der Waals surface area (Å²) in [5.41, 5.74) is 2.42. The van der Waals surface area contributed by atoms with Crippen molar-refractivity contribution in [2.45, 2.75) is 33.4 Å². The Morgan fingerprint density at radius 2 is 1.46 bits per heavy atom. The fourth-order valence-corrected chi connectivity index (χ4v) is 4.93. The minimum atomic E-state index is -0.350. The van der Waals surface area contributed by atoms with E-state index in [0.717, 1.165) is 5.69 Å². The molecule has 208 valence electrons. The van der Waals surface area contributed by atoms with Crippen LogP contribution in [0.5, 0.6) is 17.2 Å². The molecule has 0 bridgehead atoms. The van der Waals surface area contributed by atoms with Crippen LogP contribution in [0.3, 0.4) is 0 Å². The number of carbonyl (C=O) groups excluding carboxylic acids is 3. The van der Waals surface area contributed by atoms with Crippen LogP contribution in [0.25, 0.3) is 0 Å². The van der Waals surface area contributed by atoms with Gasteiger partial charge in [-0.15, -0.1) is 23.1 Å². The Balaban J connectivity index is 1.54. The van der Waals surface area contributed by atoms with Crippen LogP contribution in [0, 0.1) is 0 Å². The fraction of sp³-hybridized carbons (Fsp3) is 0.333. The molecule has 0 saturated carbocycles. The number of anilines is 3. The van der Waals surface area contributed by atoms with Crippen molar-refractivity contribution in [2.75, 3.05) is 41.5 Å². The SMILES string of the molecule is CCOc1cc(C(=O)Nc2nc(CSCC(=O)Nc3ccc(NC(C)=O)cc3)cs2)cc(OCC)c1OCC. The van der Waals surface area contributed by atoms with Crippen LogP contribution in [0.2, 0.25) is 0 Å². The maximum absolute atomic E-state index is 13.0. The van der Waals surface area contributed by atoms with E-state index < -0.39 is 0 Å². The molecule has 0 radical (unpaired) electrons. The summed E-state index contributed by atoms with van der Waals surface area (Å²) in [7, 11) is 0. The highest BCUT2D eigenvalue weighted by Crippen LogP contribution is 2.39. The third-order valence-electron chi connectivity index (χ3n) is 4.92. The molecule has 2 aromatic carbocycles. The van der Waals surface area contributed by atoms with E-state index in [1.54, 1.807) is 36.4 Å². The molecule has 3 rings (SSSR count). The number of hydrogen-bond donors (Lipinski definition) is 3. The third kappa shape index (κ3) is 9.18. The van der Waals surface area contributed by atoms with Crippen LogP contribution in [0.1, 0.15) is 43.7 Å². The molecule has 0 aliphatic heterocycles. The van der Waals surface area contributed by atoms with E-state index in [1.165, 1.54) is 30.0 Å². The van der Waals surface area contributed by atoms with Gasteiger partial charge in [0.05, 0.1) is 31.3 Å². The number of ether oxygens (including phenoxy) is 3. The second-order valence-corrected chi connectivity index (χ2v) is 9.84. The van der Waals surface area contributed by atoms with Crippen LogP contribution in [0.15, 0.2) is 41.8 Å². The Kier molecular flexibility index (Phi) is 11.4. The van der Waals surface area contributed by atoms with Crippen molar-refractivity contribution in [1.82, 2.24) is 4.98 Å². The molecule has 39 heavy (non-hydrogen) atoms. The molecule has 12 heteroatoms. The molecule has 0 fully saturated rings. The number of thioether (sulfide) groups is 1. The normalized spacial score (nSPS) is 10.5. The summed E-state index contributed by atoms with van der Waals surface area (Å²) in [6, 6.07) is 10.1. The number of carbonyl (C=O) groups is 3. The van der Waals surface area contributed by atoms with Gasteiger partial charge in [0, 0.05) is 35.0 Å². The van der Waals surface area contributed by atoms with Crippen molar-refractivity contribution in [3.63, 3.8) is 0 Å². The van der Waals surface area contributed by atoms with Crippen molar-refractivity contribution in [3.05, 3.63) is 53.0 Å². The maximum atomic E-state index is 13.0. The number of rotatable bonds is 14. The topological polar surface area (TPSA) is 128 Å². The lowest BCUT2D eigenvalue weighted by Gasteiger charge is -2.16. The van der Waals surface area contributed by atoms with Crippen molar-refractivity contribution in [1.29, 1.82) is 0 Å². The minimum Gasteiger partial charge on any atom is -0.490 e. The number of benzene rings is 2. The molecular weight excluding hydrogens is 540 g/mol. The number of nitrogens with one attached hydrogen (secondary N) is 3. The van der Waals surface area contributed by atoms with E-state index in [-0.39, 0.29) is 23.5 Å². The van der Waals surface area contributed by atoms with Gasteiger partial charge in [-0.2, -0.15) is 0 Å². The summed E-state index contributed by atoms with van der Waals surface area (Å²) < 4.78 is 17.1. The molecule has 0 spiro atoms. The molecule has 1 heterocycles. The summed E-state index contributed by atoms with van der Waals surface area (Å²) in [5.74, 6) is 1.43. The van der Waals surface area contributed by atoms with Gasteiger partial charge in [-0.1, -0.05) is 0 Å². The number of aromatic nitrogens is 1. The average molecular weight is 573 g/mol. The molecule has 0 aliphatic carbocycles. The minimum absolute atomic E-state index is 0.151. The highest BCUT2D eigenvalue weighted by molar-refractivity contribution is 7.99. The van der Waals surface area contributed by atoms with Crippen LogP contribution in [-0.2, 0) is 15.3 Å². The predicted molar refractivity (Wildman–Crippen MR) is 156 cm³/mol. The first-order chi connectivity index (χ1) is 18.8. The highest BCUT2D eigenvalue weighted by atomic mass is 32.2. The summed E-state index contributed by atoms with van der Waals surface area (Å²) in [5, 5.41) is 10.6. The first-order valence-electron chi connectivity index (χ1n) is 12.4. The zero-order chi connectivity index (χ0) is 28.2. The van der Waals surface area contributed by atoms with Crippen LogP contribution < -0.4 is 30.2 Å². The lowest BCUT2D eigenvalue weighted by Crippen LogP contribution is -2.14. The van der Waals surface area contributed by atoms with E-state index in [1.807, 2.05) is 26.2 Å². The molecular formula is C27H32N4O6S2. The lowest BCUT2D eigenvalue weighted by atomic mass is 10.1. The monoisotopic (exact) mass is 572 g/mol. The van der Waals surface area contributed by atoms with Gasteiger partial charge in [-0.05, 0) is 57.2 Å². The van der Waals surface area contributed by atoms with Gasteiger partial charge in [-0.3, -0.25) is 19.7 Å². The number of hydrogen-bond acceptors (Lipinski definition) is 9. The van der Waals surface area contributed by atoms with E-state index >= 15 is 0 Å². The van der Waals surface area contributed by atoms with Gasteiger partial charge in [-0.25, -0.2) is 4.98 Å². The first kappa shape index (κ1) is 29.8. The van der Waals surface area contributed by atoms with E-state index in [4.69, 9.17) is 14.2 Å². The van der Waals surface area contributed by atoms with Crippen LogP contribution >= 0.6 is 23.1 Å². The standard InChI is InChI=1S/C27H32N4O6S2/c1-5-35-22-12-18(13-23(36-6-2)25(22)37-7-3)26(34)31-27-30-21(15-39-27)14-38-16-24(33)29-20-10-8-19(9-11-20)28-17(4)32/h8-13,15H,5-7,14,16H2,1-4H3,(H,28,32)(H,29,33)(H,30,31,34). The van der Waals surface area contributed by atoms with E-state index in [2.05, 4.69) is 20.9 Å². The zero-order valence-electron chi connectivity index (χ0n) is 22.3. The Labute approximate surface area is 235 Å². The second-order valence-electron chi connectivity index (χ2n) is 8.00. The molecule has 0 atom stereocenters. The summed E-state index contributed by atoms with van der Waals surface area (Å²) in [6.07, 6.45) is 0. The van der Waals surface area contributed by atoms with E-state index in [0.29, 0.717) is 64.9 Å². The van der Waals surface area contributed by atoms with Gasteiger partial charge in [0.2, 0.25) is 17.6 Å². The Morgan fingerprint density at radius 3 is 2.03 bits per heavy atom. The molecule has 3 aromatic rings. The number of nitrogens with zero attached hydrogens (tertiary/aromatic N) is 1.